The van der Waals surface area contributed by atoms with Crippen LogP contribution in [-0.2, 0) is 11.8 Å². The molecule has 1 aromatic heterocycles. The maximum Gasteiger partial charge on any atom is 0.0947 e. The molecule has 1 nitrogen and oxygen atoms in total. The maximum atomic E-state index is 4.82. The summed E-state index contributed by atoms with van der Waals surface area (Å²) in [4.78, 5) is 4.82. The van der Waals surface area contributed by atoms with Crippen LogP contribution in [-0.4, -0.2) is 10.3 Å². The lowest BCUT2D eigenvalue weighted by molar-refractivity contribution is 0.464. The number of aromatic nitrogens is 1. The smallest absolute Gasteiger partial charge is 0.0947 e. The zero-order chi connectivity index (χ0) is 14.7. The lowest BCUT2D eigenvalue weighted by atomic mass is 9.77. The van der Waals surface area contributed by atoms with Gasteiger partial charge in [0, 0.05) is 17.2 Å². The number of halogens is 1. The quantitative estimate of drug-likeness (QED) is 0.541. The summed E-state index contributed by atoms with van der Waals surface area (Å²) >= 11 is 5.57. The molecule has 3 rings (SSSR count). The molecule has 0 N–H and O–H groups in total. The molecule has 0 aliphatic rings. The van der Waals surface area contributed by atoms with Crippen molar-refractivity contribution in [2.75, 3.05) is 5.33 Å². The van der Waals surface area contributed by atoms with Gasteiger partial charge in [0.05, 0.1) is 15.2 Å². The van der Waals surface area contributed by atoms with Crippen LogP contribution in [0.2, 0.25) is 0 Å². The molecule has 1 atom stereocenters. The van der Waals surface area contributed by atoms with E-state index in [4.69, 9.17) is 4.98 Å². The van der Waals surface area contributed by atoms with E-state index in [0.717, 1.165) is 23.7 Å². The molecule has 0 radical (unpaired) electrons. The number of para-hydroxylation sites is 1. The molecule has 108 valence electrons. The Kier molecular flexibility index (Phi) is 4.41. The fourth-order valence-electron chi connectivity index (χ4n) is 2.73. The summed E-state index contributed by atoms with van der Waals surface area (Å²) in [5, 5.41) is 2.18. The van der Waals surface area contributed by atoms with Crippen molar-refractivity contribution in [3.8, 4) is 0 Å². The molecule has 3 aromatic rings. The van der Waals surface area contributed by atoms with Crippen LogP contribution in [0.15, 0.2) is 54.6 Å². The van der Waals surface area contributed by atoms with Crippen molar-refractivity contribution in [3.05, 3.63) is 65.2 Å². The van der Waals surface area contributed by atoms with Gasteiger partial charge in [0.15, 0.2) is 0 Å². The Balaban J connectivity index is 1.98. The van der Waals surface area contributed by atoms with Crippen LogP contribution in [0.25, 0.3) is 10.2 Å². The largest absolute Gasteiger partial charge is 0.241 e. The van der Waals surface area contributed by atoms with E-state index >= 15 is 0 Å². The predicted octanol–water partition coefficient (Wildman–Crippen LogP) is 5.58. The number of hydrogen-bond acceptors (Lipinski definition) is 2. The number of alkyl halides is 1. The minimum absolute atomic E-state index is 0.120. The Hall–Kier alpha value is -1.19. The van der Waals surface area contributed by atoms with Gasteiger partial charge in [-0.05, 0) is 24.1 Å². The Morgan fingerprint density at radius 1 is 1.05 bits per heavy atom. The zero-order valence-corrected chi connectivity index (χ0v) is 14.5. The van der Waals surface area contributed by atoms with Crippen molar-refractivity contribution in [3.63, 3.8) is 0 Å². The first-order chi connectivity index (χ1) is 10.3. The number of nitrogens with zero attached hydrogens (tertiary/aromatic N) is 1. The summed E-state index contributed by atoms with van der Waals surface area (Å²) in [5.74, 6) is 0. The van der Waals surface area contributed by atoms with E-state index in [0.29, 0.717) is 0 Å². The number of fused-ring (bicyclic) bond motifs is 1. The van der Waals surface area contributed by atoms with Crippen molar-refractivity contribution in [2.45, 2.75) is 25.2 Å². The van der Waals surface area contributed by atoms with Crippen molar-refractivity contribution in [1.82, 2.24) is 4.98 Å². The summed E-state index contributed by atoms with van der Waals surface area (Å²) in [6.07, 6.45) is 2.08. The monoisotopic (exact) mass is 359 g/mol. The van der Waals surface area contributed by atoms with Crippen molar-refractivity contribution in [2.24, 2.45) is 0 Å². The van der Waals surface area contributed by atoms with Crippen LogP contribution >= 0.6 is 27.3 Å². The highest BCUT2D eigenvalue weighted by Gasteiger charge is 2.30. The van der Waals surface area contributed by atoms with E-state index in [1.807, 2.05) is 11.3 Å². The van der Waals surface area contributed by atoms with Crippen LogP contribution in [0.5, 0.6) is 0 Å². The Morgan fingerprint density at radius 3 is 2.43 bits per heavy atom. The minimum atomic E-state index is 0.120. The molecule has 3 heteroatoms. The van der Waals surface area contributed by atoms with Crippen molar-refractivity contribution in [1.29, 1.82) is 0 Å². The van der Waals surface area contributed by atoms with Gasteiger partial charge in [0.2, 0.25) is 0 Å². The van der Waals surface area contributed by atoms with Gasteiger partial charge in [-0.3, -0.25) is 0 Å². The zero-order valence-electron chi connectivity index (χ0n) is 12.1. The van der Waals surface area contributed by atoms with E-state index in [-0.39, 0.29) is 5.41 Å². The third kappa shape index (κ3) is 2.90. The van der Waals surface area contributed by atoms with Gasteiger partial charge in [-0.15, -0.1) is 11.3 Å². The molecule has 0 saturated heterocycles. The first-order valence-corrected chi connectivity index (χ1v) is 9.17. The van der Waals surface area contributed by atoms with Crippen molar-refractivity contribution < 1.29 is 0 Å². The SMILES string of the molecule is CCC(CBr)(Cc1nc2ccccc2s1)c1ccccc1. The topological polar surface area (TPSA) is 12.9 Å². The van der Waals surface area contributed by atoms with E-state index < -0.39 is 0 Å². The molecule has 1 heterocycles. The van der Waals surface area contributed by atoms with Crippen LogP contribution in [0.3, 0.4) is 0 Å². The van der Waals surface area contributed by atoms with Gasteiger partial charge in [-0.1, -0.05) is 65.3 Å². The predicted molar refractivity (Wildman–Crippen MR) is 95.5 cm³/mol. The Morgan fingerprint density at radius 2 is 1.76 bits per heavy atom. The molecule has 0 spiro atoms. The fourth-order valence-corrected chi connectivity index (χ4v) is 4.76. The van der Waals surface area contributed by atoms with Crippen molar-refractivity contribution >= 4 is 37.5 Å². The van der Waals surface area contributed by atoms with Gasteiger partial charge in [0.1, 0.15) is 0 Å². The normalized spacial score (nSPS) is 14.2. The summed E-state index contributed by atoms with van der Waals surface area (Å²) in [6, 6.07) is 19.2. The second kappa shape index (κ2) is 6.29. The molecule has 0 fully saturated rings. The third-order valence-corrected chi connectivity index (χ3v) is 6.26. The minimum Gasteiger partial charge on any atom is -0.241 e. The van der Waals surface area contributed by atoms with Gasteiger partial charge >= 0.3 is 0 Å². The molecule has 1 unspecified atom stereocenters. The van der Waals surface area contributed by atoms with Crippen LogP contribution < -0.4 is 0 Å². The van der Waals surface area contributed by atoms with Crippen LogP contribution in [0.4, 0.5) is 0 Å². The molecule has 0 bridgehead atoms. The number of rotatable bonds is 5. The standard InChI is InChI=1S/C18H18BrNS/c1-2-18(13-19,14-8-4-3-5-9-14)12-17-20-15-10-6-7-11-16(15)21-17/h3-11H,2,12-13H2,1H3. The van der Waals surface area contributed by atoms with Gasteiger partial charge in [0.25, 0.3) is 0 Å². The first-order valence-electron chi connectivity index (χ1n) is 7.23. The lowest BCUT2D eigenvalue weighted by Gasteiger charge is -2.30. The number of benzene rings is 2. The Labute approximate surface area is 138 Å². The third-order valence-electron chi connectivity index (χ3n) is 4.15. The summed E-state index contributed by atoms with van der Waals surface area (Å²) in [5.41, 5.74) is 2.63. The average molecular weight is 360 g/mol. The maximum absolute atomic E-state index is 4.82. The van der Waals surface area contributed by atoms with Gasteiger partial charge in [-0.2, -0.15) is 0 Å². The average Bonchev–Trinajstić information content (AvgIpc) is 2.96. The second-order valence-electron chi connectivity index (χ2n) is 5.39. The molecular weight excluding hydrogens is 342 g/mol. The summed E-state index contributed by atoms with van der Waals surface area (Å²) in [6.45, 7) is 2.27. The molecule has 2 aromatic carbocycles. The first kappa shape index (κ1) is 14.7. The number of thiazole rings is 1. The van der Waals surface area contributed by atoms with E-state index in [2.05, 4.69) is 77.5 Å². The molecule has 0 amide bonds. The lowest BCUT2D eigenvalue weighted by Crippen LogP contribution is -2.30. The molecule has 0 aliphatic carbocycles. The second-order valence-corrected chi connectivity index (χ2v) is 7.06. The summed E-state index contributed by atoms with van der Waals surface area (Å²) < 4.78 is 1.28. The highest BCUT2D eigenvalue weighted by atomic mass is 79.9. The highest BCUT2D eigenvalue weighted by Crippen LogP contribution is 2.36. The molecular formula is C18H18BrNS. The van der Waals surface area contributed by atoms with E-state index in [1.54, 1.807) is 0 Å². The molecule has 0 saturated carbocycles. The van der Waals surface area contributed by atoms with E-state index in [9.17, 15) is 0 Å². The van der Waals surface area contributed by atoms with Gasteiger partial charge in [-0.25, -0.2) is 4.98 Å². The van der Waals surface area contributed by atoms with Crippen LogP contribution in [0, 0.1) is 0 Å². The van der Waals surface area contributed by atoms with Crippen LogP contribution in [0.1, 0.15) is 23.9 Å². The summed E-state index contributed by atoms with van der Waals surface area (Å²) in [7, 11) is 0. The fraction of sp³-hybridized carbons (Fsp3) is 0.278. The number of hydrogen-bond donors (Lipinski definition) is 0. The molecule has 21 heavy (non-hydrogen) atoms. The van der Waals surface area contributed by atoms with E-state index in [1.165, 1.54) is 15.3 Å². The highest BCUT2D eigenvalue weighted by molar-refractivity contribution is 9.09. The molecule has 0 aliphatic heterocycles. The van der Waals surface area contributed by atoms with Gasteiger partial charge < -0.3 is 0 Å². The Bertz CT molecular complexity index is 683.